The monoisotopic (exact) mass is 465 g/mol. The molecule has 1 saturated heterocycles. The number of aromatic nitrogens is 1. The predicted octanol–water partition coefficient (Wildman–Crippen LogP) is 4.31. The highest BCUT2D eigenvalue weighted by atomic mass is 32.1. The van der Waals surface area contributed by atoms with E-state index in [1.165, 1.54) is 17.4 Å². The minimum atomic E-state index is -0.240. The quantitative estimate of drug-likeness (QED) is 0.500. The third kappa shape index (κ3) is 5.98. The number of nitrogens with zero attached hydrogens (tertiary/aromatic N) is 2. The van der Waals surface area contributed by atoms with Crippen molar-refractivity contribution in [2.75, 3.05) is 45.8 Å². The van der Waals surface area contributed by atoms with E-state index < -0.39 is 0 Å². The number of methoxy groups -OCH3 is 2. The van der Waals surface area contributed by atoms with Crippen molar-refractivity contribution in [3.63, 3.8) is 0 Å². The molecule has 33 heavy (non-hydrogen) atoms. The van der Waals surface area contributed by atoms with Crippen LogP contribution in [0.4, 0.5) is 5.13 Å². The predicted molar refractivity (Wildman–Crippen MR) is 131 cm³/mol. The molecule has 3 aromatic rings. The van der Waals surface area contributed by atoms with Gasteiger partial charge < -0.3 is 14.2 Å². The average Bonchev–Trinajstić information content (AvgIpc) is 3.25. The number of anilines is 1. The zero-order valence-electron chi connectivity index (χ0n) is 18.7. The number of amides is 1. The number of benzene rings is 2. The summed E-state index contributed by atoms with van der Waals surface area (Å²) in [6.07, 6.45) is 3.23. The van der Waals surface area contributed by atoms with Crippen LogP contribution in [0.5, 0.6) is 11.5 Å². The van der Waals surface area contributed by atoms with E-state index in [4.69, 9.17) is 19.2 Å². The van der Waals surface area contributed by atoms with Gasteiger partial charge in [-0.2, -0.15) is 0 Å². The van der Waals surface area contributed by atoms with E-state index in [-0.39, 0.29) is 5.91 Å². The number of morpholine rings is 1. The second-order valence-corrected chi connectivity index (χ2v) is 8.57. The first-order valence-corrected chi connectivity index (χ1v) is 11.5. The Balaban J connectivity index is 1.50. The summed E-state index contributed by atoms with van der Waals surface area (Å²) in [5.41, 5.74) is 2.78. The maximum absolute atomic E-state index is 12.6. The first-order chi connectivity index (χ1) is 16.2. The van der Waals surface area contributed by atoms with Crippen molar-refractivity contribution < 1.29 is 19.0 Å². The molecule has 2 heterocycles. The number of ether oxygens (including phenoxy) is 3. The van der Waals surface area contributed by atoms with Crippen LogP contribution in [0.2, 0.25) is 0 Å². The van der Waals surface area contributed by atoms with Gasteiger partial charge in [0.2, 0.25) is 5.91 Å². The van der Waals surface area contributed by atoms with E-state index in [1.54, 1.807) is 26.4 Å². The van der Waals surface area contributed by atoms with Crippen LogP contribution in [0.25, 0.3) is 17.3 Å². The molecule has 7 nitrogen and oxygen atoms in total. The highest BCUT2D eigenvalue weighted by molar-refractivity contribution is 7.16. The summed E-state index contributed by atoms with van der Waals surface area (Å²) in [4.78, 5) is 20.8. The SMILES string of the molecule is COc1ccc(/C=C/C(=O)Nc2nc(-c3ccccc3)c(CN3CCOCC3)s2)cc1OC. The molecule has 4 rings (SSSR count). The van der Waals surface area contributed by atoms with Crippen molar-refractivity contribution in [3.8, 4) is 22.8 Å². The Hall–Kier alpha value is -3.20. The van der Waals surface area contributed by atoms with Crippen LogP contribution in [0.1, 0.15) is 10.4 Å². The summed E-state index contributed by atoms with van der Waals surface area (Å²) in [7, 11) is 3.17. The van der Waals surface area contributed by atoms with Crippen molar-refractivity contribution in [3.05, 3.63) is 65.0 Å². The molecule has 1 N–H and O–H groups in total. The minimum absolute atomic E-state index is 0.240. The fourth-order valence-corrected chi connectivity index (χ4v) is 4.60. The standard InChI is InChI=1S/C25H27N3O4S/c1-30-20-10-8-18(16-21(20)31-2)9-11-23(29)26-25-27-24(19-6-4-3-5-7-19)22(33-25)17-28-12-14-32-15-13-28/h3-11,16H,12-15,17H2,1-2H3,(H,26,27,29)/b11-9+. The Kier molecular flexibility index (Phi) is 7.72. The van der Waals surface area contributed by atoms with Crippen molar-refractivity contribution in [2.45, 2.75) is 6.54 Å². The molecular weight excluding hydrogens is 438 g/mol. The lowest BCUT2D eigenvalue weighted by Crippen LogP contribution is -2.35. The van der Waals surface area contributed by atoms with Crippen LogP contribution < -0.4 is 14.8 Å². The van der Waals surface area contributed by atoms with Crippen LogP contribution in [0.3, 0.4) is 0 Å². The van der Waals surface area contributed by atoms with E-state index in [1.807, 2.05) is 42.5 Å². The summed E-state index contributed by atoms with van der Waals surface area (Å²) in [6.45, 7) is 4.04. The summed E-state index contributed by atoms with van der Waals surface area (Å²) >= 11 is 1.51. The summed E-state index contributed by atoms with van der Waals surface area (Å²) in [6, 6.07) is 15.6. The molecule has 0 unspecified atom stereocenters. The van der Waals surface area contributed by atoms with E-state index in [2.05, 4.69) is 10.2 Å². The maximum Gasteiger partial charge on any atom is 0.250 e. The van der Waals surface area contributed by atoms with Gasteiger partial charge in [-0.25, -0.2) is 4.98 Å². The smallest absolute Gasteiger partial charge is 0.250 e. The van der Waals surface area contributed by atoms with E-state index in [0.29, 0.717) is 16.6 Å². The van der Waals surface area contributed by atoms with Gasteiger partial charge in [0, 0.05) is 36.2 Å². The molecule has 0 saturated carbocycles. The van der Waals surface area contributed by atoms with E-state index >= 15 is 0 Å². The van der Waals surface area contributed by atoms with Gasteiger partial charge in [-0.05, 0) is 23.8 Å². The van der Waals surface area contributed by atoms with E-state index in [9.17, 15) is 4.79 Å². The Bertz CT molecular complexity index is 1110. The topological polar surface area (TPSA) is 72.9 Å². The molecule has 0 atom stereocenters. The fourth-order valence-electron chi connectivity index (χ4n) is 3.57. The number of thiazole rings is 1. The van der Waals surface area contributed by atoms with Gasteiger partial charge in [0.05, 0.1) is 33.1 Å². The summed E-state index contributed by atoms with van der Waals surface area (Å²) in [5.74, 6) is 1.01. The highest BCUT2D eigenvalue weighted by Crippen LogP contribution is 2.32. The van der Waals surface area contributed by atoms with E-state index in [0.717, 1.165) is 54.5 Å². The molecule has 172 valence electrons. The Morgan fingerprint density at radius 3 is 2.61 bits per heavy atom. The molecule has 2 aromatic carbocycles. The molecule has 1 aromatic heterocycles. The lowest BCUT2D eigenvalue weighted by atomic mass is 10.1. The number of hydrogen-bond acceptors (Lipinski definition) is 7. The lowest BCUT2D eigenvalue weighted by Gasteiger charge is -2.26. The summed E-state index contributed by atoms with van der Waals surface area (Å²) < 4.78 is 16.0. The molecule has 8 heteroatoms. The summed E-state index contributed by atoms with van der Waals surface area (Å²) in [5, 5.41) is 3.50. The van der Waals surface area contributed by atoms with Crippen LogP contribution in [-0.4, -0.2) is 56.3 Å². The lowest BCUT2D eigenvalue weighted by molar-refractivity contribution is -0.111. The van der Waals surface area contributed by atoms with Gasteiger partial charge in [-0.1, -0.05) is 47.7 Å². The number of carbonyl (C=O) groups is 1. The second-order valence-electron chi connectivity index (χ2n) is 7.48. The molecule has 1 aliphatic rings. The van der Waals surface area contributed by atoms with Gasteiger partial charge in [0.1, 0.15) is 0 Å². The fraction of sp³-hybridized carbons (Fsp3) is 0.280. The first kappa shape index (κ1) is 23.0. The zero-order chi connectivity index (χ0) is 23.0. The molecule has 1 amide bonds. The van der Waals surface area contributed by atoms with Crippen molar-refractivity contribution >= 4 is 28.5 Å². The minimum Gasteiger partial charge on any atom is -0.493 e. The normalized spacial score (nSPS) is 14.4. The van der Waals surface area contributed by atoms with Crippen LogP contribution in [-0.2, 0) is 16.1 Å². The Labute approximate surface area is 197 Å². The van der Waals surface area contributed by atoms with Crippen molar-refractivity contribution in [2.24, 2.45) is 0 Å². The molecule has 0 spiro atoms. The first-order valence-electron chi connectivity index (χ1n) is 10.7. The average molecular weight is 466 g/mol. The number of hydrogen-bond donors (Lipinski definition) is 1. The Morgan fingerprint density at radius 2 is 1.88 bits per heavy atom. The zero-order valence-corrected chi connectivity index (χ0v) is 19.6. The number of rotatable bonds is 8. The van der Waals surface area contributed by atoms with Gasteiger partial charge >= 0.3 is 0 Å². The molecular formula is C25H27N3O4S. The highest BCUT2D eigenvalue weighted by Gasteiger charge is 2.18. The van der Waals surface area contributed by atoms with Gasteiger partial charge in [0.15, 0.2) is 16.6 Å². The molecule has 0 radical (unpaired) electrons. The third-order valence-corrected chi connectivity index (χ3v) is 6.24. The third-order valence-electron chi connectivity index (χ3n) is 5.28. The number of nitrogens with one attached hydrogen (secondary N) is 1. The Morgan fingerprint density at radius 1 is 1.12 bits per heavy atom. The van der Waals surface area contributed by atoms with Gasteiger partial charge in [-0.15, -0.1) is 0 Å². The second kappa shape index (κ2) is 11.1. The molecule has 0 bridgehead atoms. The van der Waals surface area contributed by atoms with Gasteiger partial charge in [-0.3, -0.25) is 15.0 Å². The van der Waals surface area contributed by atoms with Crippen LogP contribution in [0.15, 0.2) is 54.6 Å². The number of carbonyl (C=O) groups excluding carboxylic acids is 1. The van der Waals surface area contributed by atoms with Crippen molar-refractivity contribution in [1.82, 2.24) is 9.88 Å². The molecule has 1 fully saturated rings. The largest absolute Gasteiger partial charge is 0.493 e. The molecule has 1 aliphatic heterocycles. The van der Waals surface area contributed by atoms with Crippen molar-refractivity contribution in [1.29, 1.82) is 0 Å². The van der Waals surface area contributed by atoms with Crippen LogP contribution >= 0.6 is 11.3 Å². The van der Waals surface area contributed by atoms with Crippen LogP contribution in [0, 0.1) is 0 Å². The molecule has 0 aliphatic carbocycles. The maximum atomic E-state index is 12.6. The van der Waals surface area contributed by atoms with Gasteiger partial charge in [0.25, 0.3) is 0 Å².